The number of nitrogens with zero attached hydrogens (tertiary/aromatic N) is 2. The van der Waals surface area contributed by atoms with Crippen LogP contribution in [0.3, 0.4) is 0 Å². The first kappa shape index (κ1) is 18.0. The topological polar surface area (TPSA) is 123 Å². The molecular formula is C16H18N4O5. The summed E-state index contributed by atoms with van der Waals surface area (Å²) in [6, 6.07) is 7.32. The first-order valence-corrected chi connectivity index (χ1v) is 7.53. The summed E-state index contributed by atoms with van der Waals surface area (Å²) in [6.45, 7) is 1.93. The van der Waals surface area contributed by atoms with E-state index in [-0.39, 0.29) is 23.5 Å². The maximum Gasteiger partial charge on any atom is 0.407 e. The lowest BCUT2D eigenvalue weighted by Gasteiger charge is -2.14. The third kappa shape index (κ3) is 5.06. The highest BCUT2D eigenvalue weighted by molar-refractivity contribution is 5.92. The van der Waals surface area contributed by atoms with Gasteiger partial charge in [-0.15, -0.1) is 4.73 Å². The number of alkyl carbamates (subject to hydrolysis) is 1. The number of ether oxygens (including phenoxy) is 1. The van der Waals surface area contributed by atoms with Gasteiger partial charge in [0.2, 0.25) is 0 Å². The van der Waals surface area contributed by atoms with Gasteiger partial charge >= 0.3 is 6.09 Å². The number of amides is 2. The van der Waals surface area contributed by atoms with E-state index in [2.05, 4.69) is 15.6 Å². The Balaban J connectivity index is 1.73. The Morgan fingerprint density at radius 1 is 1.24 bits per heavy atom. The molecule has 0 saturated heterocycles. The summed E-state index contributed by atoms with van der Waals surface area (Å²) < 4.78 is 5.43. The lowest BCUT2D eigenvalue weighted by atomic mass is 10.2. The van der Waals surface area contributed by atoms with Gasteiger partial charge in [0.15, 0.2) is 0 Å². The molecule has 2 aromatic rings. The van der Waals surface area contributed by atoms with Crippen molar-refractivity contribution < 1.29 is 19.5 Å². The van der Waals surface area contributed by atoms with E-state index >= 15 is 0 Å². The second-order valence-corrected chi connectivity index (χ2v) is 5.08. The summed E-state index contributed by atoms with van der Waals surface area (Å²) in [5.41, 5.74) is -0.144. The van der Waals surface area contributed by atoms with Crippen molar-refractivity contribution in [1.82, 2.24) is 20.3 Å². The van der Waals surface area contributed by atoms with Gasteiger partial charge in [-0.05, 0) is 19.1 Å². The number of hydrogen-bond donors (Lipinski definition) is 3. The average Bonchev–Trinajstić information content (AvgIpc) is 2.61. The maximum absolute atomic E-state index is 11.8. The molecule has 0 aromatic carbocycles. The fraction of sp³-hybridized carbons (Fsp3) is 0.250. The maximum atomic E-state index is 11.8. The van der Waals surface area contributed by atoms with Crippen LogP contribution in [0.5, 0.6) is 0 Å². The van der Waals surface area contributed by atoms with Crippen molar-refractivity contribution in [2.24, 2.45) is 0 Å². The van der Waals surface area contributed by atoms with Gasteiger partial charge in [0, 0.05) is 37.1 Å². The third-order valence-electron chi connectivity index (χ3n) is 3.28. The van der Waals surface area contributed by atoms with E-state index in [4.69, 9.17) is 4.74 Å². The first-order chi connectivity index (χ1) is 12.0. The van der Waals surface area contributed by atoms with Crippen molar-refractivity contribution in [3.8, 4) is 0 Å². The van der Waals surface area contributed by atoms with E-state index in [1.165, 1.54) is 12.1 Å². The molecule has 0 spiro atoms. The number of rotatable bonds is 6. The van der Waals surface area contributed by atoms with Crippen molar-refractivity contribution in [3.05, 3.63) is 64.3 Å². The van der Waals surface area contributed by atoms with Gasteiger partial charge in [0.25, 0.3) is 11.5 Å². The van der Waals surface area contributed by atoms with Crippen LogP contribution in [-0.4, -0.2) is 40.0 Å². The quantitative estimate of drug-likeness (QED) is 0.523. The van der Waals surface area contributed by atoms with E-state index in [1.54, 1.807) is 31.5 Å². The Morgan fingerprint density at radius 3 is 2.72 bits per heavy atom. The molecule has 0 radical (unpaired) electrons. The van der Waals surface area contributed by atoms with E-state index < -0.39 is 23.7 Å². The van der Waals surface area contributed by atoms with Crippen LogP contribution in [0.1, 0.15) is 29.1 Å². The molecule has 1 atom stereocenters. The van der Waals surface area contributed by atoms with Gasteiger partial charge in [-0.2, -0.15) is 0 Å². The lowest BCUT2D eigenvalue weighted by Crippen LogP contribution is -2.37. The highest BCUT2D eigenvalue weighted by Gasteiger charge is 2.13. The Labute approximate surface area is 143 Å². The molecule has 0 fully saturated rings. The monoisotopic (exact) mass is 346 g/mol. The molecule has 0 unspecified atom stereocenters. The van der Waals surface area contributed by atoms with Crippen LogP contribution in [0.4, 0.5) is 4.79 Å². The first-order valence-electron chi connectivity index (χ1n) is 7.53. The van der Waals surface area contributed by atoms with E-state index in [1.807, 2.05) is 0 Å². The molecule has 132 valence electrons. The highest BCUT2D eigenvalue weighted by atomic mass is 16.6. The second kappa shape index (κ2) is 8.48. The van der Waals surface area contributed by atoms with Crippen LogP contribution in [-0.2, 0) is 4.74 Å². The Morgan fingerprint density at radius 2 is 2.00 bits per heavy atom. The summed E-state index contributed by atoms with van der Waals surface area (Å²) in [7, 11) is 0. The van der Waals surface area contributed by atoms with Gasteiger partial charge in [-0.25, -0.2) is 4.79 Å². The average molecular weight is 346 g/mol. The molecule has 0 bridgehead atoms. The normalized spacial score (nSPS) is 11.4. The molecule has 0 aliphatic heterocycles. The SMILES string of the molecule is C[C@H](OC(=O)NCCNC(=O)c1cccc(=O)n1O)c1cccnc1. The molecule has 2 aromatic heterocycles. The van der Waals surface area contributed by atoms with Gasteiger partial charge in [0.1, 0.15) is 11.8 Å². The molecule has 0 saturated carbocycles. The minimum atomic E-state index is -0.709. The van der Waals surface area contributed by atoms with E-state index in [9.17, 15) is 19.6 Å². The third-order valence-corrected chi connectivity index (χ3v) is 3.28. The van der Waals surface area contributed by atoms with Crippen LogP contribution in [0, 0.1) is 0 Å². The minimum absolute atomic E-state index is 0.0955. The Hall–Kier alpha value is -3.36. The van der Waals surface area contributed by atoms with Crippen molar-refractivity contribution in [2.45, 2.75) is 13.0 Å². The van der Waals surface area contributed by atoms with Crippen LogP contribution >= 0.6 is 0 Å². The largest absolute Gasteiger partial charge is 0.442 e. The predicted octanol–water partition coefficient (Wildman–Crippen LogP) is 0.698. The molecule has 0 aliphatic carbocycles. The number of nitrogens with one attached hydrogen (secondary N) is 2. The molecular weight excluding hydrogens is 328 g/mol. The van der Waals surface area contributed by atoms with Gasteiger partial charge in [-0.3, -0.25) is 14.6 Å². The number of carbonyl (C=O) groups is 2. The standard InChI is InChI=1S/C16H18N4O5/c1-11(12-4-3-7-17-10-12)25-16(23)19-9-8-18-15(22)13-5-2-6-14(21)20(13)24/h2-7,10-11,24H,8-9H2,1H3,(H,18,22)(H,19,23)/t11-/m0/s1. The number of carbonyl (C=O) groups excluding carboxylic acids is 2. The summed E-state index contributed by atoms with van der Waals surface area (Å²) in [5.74, 6) is -0.640. The fourth-order valence-electron chi connectivity index (χ4n) is 1.97. The van der Waals surface area contributed by atoms with Crippen molar-refractivity contribution in [1.29, 1.82) is 0 Å². The van der Waals surface area contributed by atoms with Gasteiger partial charge < -0.3 is 20.6 Å². The fourth-order valence-corrected chi connectivity index (χ4v) is 1.97. The Kier molecular flexibility index (Phi) is 6.10. The number of hydrogen-bond acceptors (Lipinski definition) is 6. The molecule has 2 amide bonds. The molecule has 25 heavy (non-hydrogen) atoms. The molecule has 0 aliphatic rings. The zero-order valence-electron chi connectivity index (χ0n) is 13.5. The minimum Gasteiger partial charge on any atom is -0.442 e. The number of aromatic nitrogens is 2. The van der Waals surface area contributed by atoms with E-state index in [0.717, 1.165) is 11.6 Å². The highest BCUT2D eigenvalue weighted by Crippen LogP contribution is 2.14. The van der Waals surface area contributed by atoms with Crippen LogP contribution in [0.2, 0.25) is 0 Å². The lowest BCUT2D eigenvalue weighted by molar-refractivity contribution is 0.0886. The molecule has 3 N–H and O–H groups in total. The van der Waals surface area contributed by atoms with Crippen LogP contribution < -0.4 is 16.2 Å². The molecule has 2 heterocycles. The van der Waals surface area contributed by atoms with Crippen molar-refractivity contribution in [3.63, 3.8) is 0 Å². The van der Waals surface area contributed by atoms with Crippen molar-refractivity contribution in [2.75, 3.05) is 13.1 Å². The van der Waals surface area contributed by atoms with Gasteiger partial charge in [0.05, 0.1) is 0 Å². The molecule has 9 nitrogen and oxygen atoms in total. The molecule has 9 heteroatoms. The summed E-state index contributed by atoms with van der Waals surface area (Å²) in [5, 5.41) is 14.4. The second-order valence-electron chi connectivity index (χ2n) is 5.08. The summed E-state index contributed by atoms with van der Waals surface area (Å²) in [4.78, 5) is 38.7. The smallest absolute Gasteiger partial charge is 0.407 e. The Bertz CT molecular complexity index is 791. The van der Waals surface area contributed by atoms with Crippen LogP contribution in [0.15, 0.2) is 47.5 Å². The molecule has 2 rings (SSSR count). The zero-order chi connectivity index (χ0) is 18.2. The van der Waals surface area contributed by atoms with Crippen molar-refractivity contribution >= 4 is 12.0 Å². The zero-order valence-corrected chi connectivity index (χ0v) is 13.5. The number of pyridine rings is 2. The summed E-state index contributed by atoms with van der Waals surface area (Å²) in [6.07, 6.45) is 2.13. The van der Waals surface area contributed by atoms with Gasteiger partial charge in [-0.1, -0.05) is 12.1 Å². The van der Waals surface area contributed by atoms with Crippen LogP contribution in [0.25, 0.3) is 0 Å². The summed E-state index contributed by atoms with van der Waals surface area (Å²) >= 11 is 0. The predicted molar refractivity (Wildman–Crippen MR) is 87.4 cm³/mol. The van der Waals surface area contributed by atoms with E-state index in [0.29, 0.717) is 0 Å².